The first-order chi connectivity index (χ1) is 16.3. The van der Waals surface area contributed by atoms with Gasteiger partial charge in [-0.1, -0.05) is 0 Å². The number of hydrogen-bond donors (Lipinski definition) is 1. The molecule has 35 heavy (non-hydrogen) atoms. The second-order valence-corrected chi connectivity index (χ2v) is 8.56. The van der Waals surface area contributed by atoms with Crippen molar-refractivity contribution in [3.63, 3.8) is 0 Å². The lowest BCUT2D eigenvalue weighted by Crippen LogP contribution is -2.29. The minimum atomic E-state index is -5.36. The van der Waals surface area contributed by atoms with Crippen LogP contribution in [0.25, 0.3) is 5.82 Å². The number of ether oxygens (including phenoxy) is 1. The summed E-state index contributed by atoms with van der Waals surface area (Å²) in [5, 5.41) is 15.3. The van der Waals surface area contributed by atoms with Crippen molar-refractivity contribution in [2.24, 2.45) is 0 Å². The first kappa shape index (κ1) is 25.4. The van der Waals surface area contributed by atoms with E-state index in [4.69, 9.17) is 5.26 Å². The van der Waals surface area contributed by atoms with Crippen LogP contribution in [-0.4, -0.2) is 51.2 Å². The zero-order chi connectivity index (χ0) is 26.0. The molecule has 0 aliphatic rings. The molecule has 0 fully saturated rings. The fourth-order valence-corrected chi connectivity index (χ4v) is 3.53. The number of halogens is 5. The molecule has 1 aromatic carbocycles. The lowest BCUT2D eigenvalue weighted by Gasteiger charge is -2.16. The maximum absolute atomic E-state index is 13.0. The van der Waals surface area contributed by atoms with Crippen molar-refractivity contribution in [3.8, 4) is 17.6 Å². The van der Waals surface area contributed by atoms with E-state index in [1.165, 1.54) is 13.0 Å². The van der Waals surface area contributed by atoms with Gasteiger partial charge in [0.05, 0.1) is 10.9 Å². The Morgan fingerprint density at radius 3 is 2.49 bits per heavy atom. The Kier molecular flexibility index (Phi) is 6.96. The number of carbonyl (C=O) groups excluding carboxylic acids is 1. The predicted molar refractivity (Wildman–Crippen MR) is 104 cm³/mol. The molecule has 1 N–H and O–H groups in total. The summed E-state index contributed by atoms with van der Waals surface area (Å²) in [5.41, 5.74) is -0.708. The highest BCUT2D eigenvalue weighted by Crippen LogP contribution is 2.29. The molecule has 3 aromatic rings. The van der Waals surface area contributed by atoms with Crippen LogP contribution in [0.2, 0.25) is 0 Å². The zero-order valence-electron chi connectivity index (χ0n) is 17.2. The number of benzene rings is 1. The Balaban J connectivity index is 1.95. The SMILES string of the molecule is C[C@H](NC(=O)c1cc(OC(F)(F)F)cc(S(=O)(=O)C(F)F)c1)c1ncnn1-c1cc(C#N)ncn1. The summed E-state index contributed by atoms with van der Waals surface area (Å²) in [6.45, 7) is 1.40. The zero-order valence-corrected chi connectivity index (χ0v) is 18.0. The summed E-state index contributed by atoms with van der Waals surface area (Å²) in [6, 6.07) is 3.32. The number of amides is 1. The van der Waals surface area contributed by atoms with Crippen LogP contribution in [0.1, 0.15) is 34.8 Å². The van der Waals surface area contributed by atoms with E-state index in [9.17, 15) is 35.2 Å². The highest BCUT2D eigenvalue weighted by molar-refractivity contribution is 7.91. The fourth-order valence-electron chi connectivity index (χ4n) is 2.75. The summed E-state index contributed by atoms with van der Waals surface area (Å²) in [4.78, 5) is 23.1. The molecule has 1 amide bonds. The van der Waals surface area contributed by atoms with Crippen LogP contribution >= 0.6 is 0 Å². The average Bonchev–Trinajstić information content (AvgIpc) is 3.27. The molecule has 1 atom stereocenters. The maximum atomic E-state index is 13.0. The minimum absolute atomic E-state index is 0.00221. The van der Waals surface area contributed by atoms with Crippen LogP contribution in [0.5, 0.6) is 5.75 Å². The summed E-state index contributed by atoms with van der Waals surface area (Å²) in [7, 11) is -5.36. The van der Waals surface area contributed by atoms with Gasteiger partial charge < -0.3 is 10.1 Å². The molecule has 17 heteroatoms. The number of aromatic nitrogens is 5. The number of carbonyl (C=O) groups is 1. The van der Waals surface area contributed by atoms with Gasteiger partial charge in [-0.3, -0.25) is 4.79 Å². The summed E-state index contributed by atoms with van der Waals surface area (Å²) < 4.78 is 92.3. The highest BCUT2D eigenvalue weighted by atomic mass is 32.2. The number of hydrogen-bond acceptors (Lipinski definition) is 9. The van der Waals surface area contributed by atoms with Gasteiger partial charge in [-0.2, -0.15) is 23.8 Å². The van der Waals surface area contributed by atoms with Crippen molar-refractivity contribution in [2.45, 2.75) is 30.0 Å². The van der Waals surface area contributed by atoms with E-state index < -0.39 is 50.1 Å². The maximum Gasteiger partial charge on any atom is 0.573 e. The summed E-state index contributed by atoms with van der Waals surface area (Å²) >= 11 is 0. The number of nitriles is 1. The second-order valence-electron chi connectivity index (χ2n) is 6.64. The Bertz CT molecular complexity index is 1400. The molecule has 3 rings (SSSR count). The highest BCUT2D eigenvalue weighted by Gasteiger charge is 2.34. The van der Waals surface area contributed by atoms with Crippen LogP contribution in [0.15, 0.2) is 41.8 Å². The van der Waals surface area contributed by atoms with Crippen molar-refractivity contribution in [3.05, 3.63) is 54.0 Å². The molecule has 184 valence electrons. The van der Waals surface area contributed by atoms with E-state index >= 15 is 0 Å². The van der Waals surface area contributed by atoms with Crippen molar-refractivity contribution >= 4 is 15.7 Å². The van der Waals surface area contributed by atoms with E-state index in [0.29, 0.717) is 12.1 Å². The molecule has 0 aliphatic heterocycles. The first-order valence-electron chi connectivity index (χ1n) is 9.18. The molecular weight excluding hydrogens is 505 g/mol. The van der Waals surface area contributed by atoms with Gasteiger partial charge in [0.25, 0.3) is 5.91 Å². The van der Waals surface area contributed by atoms with E-state index in [0.717, 1.165) is 17.3 Å². The molecule has 2 heterocycles. The lowest BCUT2D eigenvalue weighted by atomic mass is 10.2. The quantitative estimate of drug-likeness (QED) is 0.465. The van der Waals surface area contributed by atoms with Crippen LogP contribution in [0, 0.1) is 11.3 Å². The van der Waals surface area contributed by atoms with Gasteiger partial charge in [0.2, 0.25) is 9.84 Å². The minimum Gasteiger partial charge on any atom is -0.406 e. The van der Waals surface area contributed by atoms with Crippen molar-refractivity contribution in [2.75, 3.05) is 0 Å². The van der Waals surface area contributed by atoms with Gasteiger partial charge in [0.15, 0.2) is 11.6 Å². The van der Waals surface area contributed by atoms with E-state index in [-0.39, 0.29) is 23.4 Å². The van der Waals surface area contributed by atoms with E-state index in [2.05, 4.69) is 30.1 Å². The number of nitrogens with zero attached hydrogens (tertiary/aromatic N) is 6. The fraction of sp³-hybridized carbons (Fsp3) is 0.222. The predicted octanol–water partition coefficient (Wildman–Crippen LogP) is 2.31. The summed E-state index contributed by atoms with van der Waals surface area (Å²) in [5.74, 6) is -6.11. The van der Waals surface area contributed by atoms with E-state index in [1.807, 2.05) is 0 Å². The van der Waals surface area contributed by atoms with Gasteiger partial charge in [0, 0.05) is 11.6 Å². The normalized spacial score (nSPS) is 12.7. The third kappa shape index (κ3) is 5.84. The molecule has 0 saturated carbocycles. The van der Waals surface area contributed by atoms with Crippen LogP contribution in [0.4, 0.5) is 22.0 Å². The van der Waals surface area contributed by atoms with Gasteiger partial charge >= 0.3 is 12.1 Å². The van der Waals surface area contributed by atoms with Gasteiger partial charge in [0.1, 0.15) is 30.2 Å². The van der Waals surface area contributed by atoms with Crippen molar-refractivity contribution < 1.29 is 39.9 Å². The van der Waals surface area contributed by atoms with Crippen LogP contribution in [0.3, 0.4) is 0 Å². The smallest absolute Gasteiger partial charge is 0.406 e. The molecular formula is C18H12F5N7O4S. The Hall–Kier alpha value is -4.20. The first-order valence-corrected chi connectivity index (χ1v) is 10.7. The van der Waals surface area contributed by atoms with E-state index in [1.54, 1.807) is 6.07 Å². The number of rotatable bonds is 7. The Morgan fingerprint density at radius 2 is 1.86 bits per heavy atom. The van der Waals surface area contributed by atoms with Gasteiger partial charge in [-0.05, 0) is 25.1 Å². The molecule has 2 aromatic heterocycles. The summed E-state index contributed by atoms with van der Waals surface area (Å²) in [6.07, 6.45) is -3.11. The Morgan fingerprint density at radius 1 is 1.14 bits per heavy atom. The second kappa shape index (κ2) is 9.58. The molecule has 0 saturated heterocycles. The lowest BCUT2D eigenvalue weighted by molar-refractivity contribution is -0.274. The average molecular weight is 517 g/mol. The number of sulfone groups is 1. The Labute approximate surface area is 193 Å². The van der Waals surface area contributed by atoms with Crippen LogP contribution in [-0.2, 0) is 9.84 Å². The van der Waals surface area contributed by atoms with Crippen molar-refractivity contribution in [1.82, 2.24) is 30.0 Å². The number of alkyl halides is 5. The van der Waals surface area contributed by atoms with Gasteiger partial charge in [-0.25, -0.2) is 23.4 Å². The van der Waals surface area contributed by atoms with Crippen LogP contribution < -0.4 is 10.1 Å². The molecule has 0 aliphatic carbocycles. The van der Waals surface area contributed by atoms with Crippen molar-refractivity contribution in [1.29, 1.82) is 5.26 Å². The van der Waals surface area contributed by atoms with Gasteiger partial charge in [-0.15, -0.1) is 13.2 Å². The molecule has 0 radical (unpaired) electrons. The third-order valence-electron chi connectivity index (χ3n) is 4.23. The molecule has 0 bridgehead atoms. The largest absolute Gasteiger partial charge is 0.573 e. The third-order valence-corrected chi connectivity index (χ3v) is 5.59. The standard InChI is InChI=1S/C18H12F5N7O4S/c1-9(15-27-8-28-30(15)14-4-11(6-24)25-7-26-14)29-16(31)10-2-12(34-18(21,22)23)5-13(3-10)35(32,33)17(19)20/h2-5,7-9,17H,1H3,(H,29,31)/t9-/m0/s1. The molecule has 11 nitrogen and oxygen atoms in total. The topological polar surface area (TPSA) is 153 Å². The molecule has 0 unspecified atom stereocenters. The monoisotopic (exact) mass is 517 g/mol. The number of nitrogens with one attached hydrogen (secondary N) is 1. The molecule has 0 spiro atoms.